The predicted octanol–water partition coefficient (Wildman–Crippen LogP) is 4.00. The van der Waals surface area contributed by atoms with Crippen molar-refractivity contribution in [2.75, 3.05) is 7.11 Å². The number of benzene rings is 1. The summed E-state index contributed by atoms with van der Waals surface area (Å²) in [7, 11) is 1.30. The van der Waals surface area contributed by atoms with E-state index in [1.54, 1.807) is 0 Å². The molecular weight excluding hydrogens is 337 g/mol. The highest BCUT2D eigenvalue weighted by Gasteiger charge is 2.75. The number of alkyl halides is 7. The third-order valence-electron chi connectivity index (χ3n) is 2.71. The fraction of sp³-hybridized carbons (Fsp3) is 0.308. The third-order valence-corrected chi connectivity index (χ3v) is 2.71. The molecule has 0 aromatic heterocycles. The minimum Gasteiger partial charge on any atom is -0.507 e. The second-order valence-electron chi connectivity index (χ2n) is 4.27. The van der Waals surface area contributed by atoms with Crippen LogP contribution in [0.3, 0.4) is 0 Å². The zero-order chi connectivity index (χ0) is 18.1. The molecule has 3 nitrogen and oxygen atoms in total. The maximum atomic E-state index is 13.1. The average molecular weight is 346 g/mol. The van der Waals surface area contributed by atoms with Gasteiger partial charge in [-0.15, -0.1) is 0 Å². The van der Waals surface area contributed by atoms with Crippen LogP contribution in [-0.4, -0.2) is 36.0 Å². The molecule has 0 aliphatic heterocycles. The van der Waals surface area contributed by atoms with Crippen LogP contribution in [0.15, 0.2) is 30.3 Å². The molecule has 0 amide bonds. The van der Waals surface area contributed by atoms with Crippen LogP contribution in [0.5, 0.6) is 5.75 Å². The number of ketones is 1. The number of methoxy groups -OCH3 is 1. The van der Waals surface area contributed by atoms with Gasteiger partial charge in [-0.1, -0.05) is 0 Å². The summed E-state index contributed by atoms with van der Waals surface area (Å²) in [6.45, 7) is 0. The van der Waals surface area contributed by atoms with E-state index in [2.05, 4.69) is 0 Å². The molecule has 0 aliphatic rings. The van der Waals surface area contributed by atoms with E-state index in [-0.39, 0.29) is 11.6 Å². The van der Waals surface area contributed by atoms with E-state index in [0.29, 0.717) is 5.75 Å². The average Bonchev–Trinajstić information content (AvgIpc) is 2.45. The van der Waals surface area contributed by atoms with Crippen LogP contribution in [-0.2, 0) is 4.79 Å². The summed E-state index contributed by atoms with van der Waals surface area (Å²) in [6, 6.07) is 4.65. The Morgan fingerprint density at radius 1 is 1.04 bits per heavy atom. The van der Waals surface area contributed by atoms with Crippen molar-refractivity contribution in [3.05, 3.63) is 35.9 Å². The number of rotatable bonds is 5. The number of aliphatic hydroxyl groups is 1. The maximum absolute atomic E-state index is 13.1. The lowest BCUT2D eigenvalue weighted by Crippen LogP contribution is -2.55. The lowest BCUT2D eigenvalue weighted by molar-refractivity contribution is -0.342. The fourth-order valence-corrected chi connectivity index (χ4v) is 1.39. The number of hydrogen-bond acceptors (Lipinski definition) is 3. The fourth-order valence-electron chi connectivity index (χ4n) is 1.39. The van der Waals surface area contributed by atoms with Gasteiger partial charge in [0.2, 0.25) is 5.78 Å². The largest absolute Gasteiger partial charge is 0.507 e. The van der Waals surface area contributed by atoms with E-state index in [4.69, 9.17) is 4.74 Å². The molecule has 0 atom stereocenters. The topological polar surface area (TPSA) is 46.5 Å². The van der Waals surface area contributed by atoms with Gasteiger partial charge in [-0.3, -0.25) is 4.79 Å². The Morgan fingerprint density at radius 3 is 1.91 bits per heavy atom. The molecule has 23 heavy (non-hydrogen) atoms. The number of allylic oxidation sites excluding steroid dienone is 1. The molecule has 1 N–H and O–H groups in total. The van der Waals surface area contributed by atoms with E-state index >= 15 is 0 Å². The maximum Gasteiger partial charge on any atom is 0.460 e. The summed E-state index contributed by atoms with van der Waals surface area (Å²) in [4.78, 5) is 11.1. The van der Waals surface area contributed by atoms with Crippen molar-refractivity contribution in [1.82, 2.24) is 0 Å². The normalized spacial score (nSPS) is 13.8. The van der Waals surface area contributed by atoms with Crippen LogP contribution in [0.2, 0.25) is 0 Å². The van der Waals surface area contributed by atoms with E-state index < -0.39 is 29.6 Å². The van der Waals surface area contributed by atoms with Crippen molar-refractivity contribution in [1.29, 1.82) is 0 Å². The number of ether oxygens (including phenoxy) is 1. The molecule has 1 aromatic rings. The van der Waals surface area contributed by atoms with E-state index in [1.807, 2.05) is 0 Å². The van der Waals surface area contributed by atoms with Gasteiger partial charge in [-0.25, -0.2) is 0 Å². The highest BCUT2D eigenvalue weighted by Crippen LogP contribution is 2.47. The second kappa shape index (κ2) is 6.09. The van der Waals surface area contributed by atoms with E-state index in [0.717, 1.165) is 12.1 Å². The number of aliphatic hydroxyl groups excluding tert-OH is 1. The first-order chi connectivity index (χ1) is 10.3. The molecule has 1 aromatic carbocycles. The van der Waals surface area contributed by atoms with Crippen LogP contribution in [0.1, 0.15) is 5.56 Å². The van der Waals surface area contributed by atoms with Gasteiger partial charge in [-0.05, 0) is 24.3 Å². The van der Waals surface area contributed by atoms with Gasteiger partial charge in [0, 0.05) is 11.6 Å². The molecule has 0 bridgehead atoms. The Labute approximate surface area is 125 Å². The lowest BCUT2D eigenvalue weighted by Gasteiger charge is -2.26. The first-order valence-electron chi connectivity index (χ1n) is 5.76. The molecule has 0 radical (unpaired) electrons. The Kier molecular flexibility index (Phi) is 4.97. The van der Waals surface area contributed by atoms with E-state index in [1.165, 1.54) is 19.2 Å². The summed E-state index contributed by atoms with van der Waals surface area (Å²) in [6.07, 6.45) is -7.02. The Bertz CT molecular complexity index is 603. The SMILES string of the molecule is COc1ccc(C(O)=CC(=O)C(F)(F)C(F)(F)C(F)(F)F)cc1. The van der Waals surface area contributed by atoms with Gasteiger partial charge in [0.1, 0.15) is 11.5 Å². The van der Waals surface area contributed by atoms with Gasteiger partial charge in [0.05, 0.1) is 7.11 Å². The Balaban J connectivity index is 3.12. The molecule has 0 saturated carbocycles. The standard InChI is InChI=1S/C13H9F7O3/c1-23-8-4-2-7(3-5-8)9(21)6-10(22)11(14,15)12(16,17)13(18,19)20/h2-6,21H,1H3. The number of hydrogen-bond donors (Lipinski definition) is 1. The van der Waals surface area contributed by atoms with Crippen LogP contribution in [0.4, 0.5) is 30.7 Å². The monoisotopic (exact) mass is 346 g/mol. The molecule has 0 unspecified atom stereocenters. The zero-order valence-electron chi connectivity index (χ0n) is 11.3. The summed E-state index contributed by atoms with van der Waals surface area (Å²) in [5, 5.41) is 9.43. The Morgan fingerprint density at radius 2 is 1.52 bits per heavy atom. The first kappa shape index (κ1) is 18.8. The molecule has 128 valence electrons. The molecule has 0 aliphatic carbocycles. The van der Waals surface area contributed by atoms with Gasteiger partial charge in [0.25, 0.3) is 0 Å². The first-order valence-corrected chi connectivity index (χ1v) is 5.76. The second-order valence-corrected chi connectivity index (χ2v) is 4.27. The van der Waals surface area contributed by atoms with Crippen LogP contribution in [0.25, 0.3) is 5.76 Å². The van der Waals surface area contributed by atoms with Gasteiger partial charge in [-0.2, -0.15) is 30.7 Å². The van der Waals surface area contributed by atoms with Crippen molar-refractivity contribution in [2.45, 2.75) is 18.0 Å². The van der Waals surface area contributed by atoms with Crippen molar-refractivity contribution in [2.24, 2.45) is 0 Å². The van der Waals surface area contributed by atoms with Gasteiger partial charge in [0.15, 0.2) is 0 Å². The zero-order valence-corrected chi connectivity index (χ0v) is 11.3. The molecule has 1 rings (SSSR count). The minimum absolute atomic E-state index is 0.259. The molecule has 0 fully saturated rings. The van der Waals surface area contributed by atoms with Crippen LogP contribution in [0, 0.1) is 0 Å². The molecule has 10 heteroatoms. The van der Waals surface area contributed by atoms with Crippen LogP contribution < -0.4 is 4.74 Å². The van der Waals surface area contributed by atoms with Crippen molar-refractivity contribution >= 4 is 11.5 Å². The van der Waals surface area contributed by atoms with Gasteiger partial charge >= 0.3 is 18.0 Å². The quantitative estimate of drug-likeness (QED) is 0.498. The van der Waals surface area contributed by atoms with Crippen molar-refractivity contribution in [3.8, 4) is 5.75 Å². The smallest absolute Gasteiger partial charge is 0.460 e. The number of carbonyl (C=O) groups excluding carboxylic acids is 1. The summed E-state index contributed by atoms with van der Waals surface area (Å²) < 4.78 is 92.2. The molecule has 0 saturated heterocycles. The minimum atomic E-state index is -6.63. The van der Waals surface area contributed by atoms with Crippen molar-refractivity contribution < 1.29 is 45.4 Å². The van der Waals surface area contributed by atoms with Crippen molar-refractivity contribution in [3.63, 3.8) is 0 Å². The van der Waals surface area contributed by atoms with E-state index in [9.17, 15) is 40.6 Å². The highest BCUT2D eigenvalue weighted by atomic mass is 19.4. The summed E-state index contributed by atoms with van der Waals surface area (Å²) >= 11 is 0. The molecular formula is C13H9F7O3. The summed E-state index contributed by atoms with van der Waals surface area (Å²) in [5.74, 6) is -16.4. The molecule has 0 heterocycles. The lowest BCUT2D eigenvalue weighted by atomic mass is 10.0. The number of halogens is 7. The van der Waals surface area contributed by atoms with Gasteiger partial charge < -0.3 is 9.84 Å². The summed E-state index contributed by atoms with van der Waals surface area (Å²) in [5.41, 5.74) is -0.259. The van der Waals surface area contributed by atoms with Crippen LogP contribution >= 0.6 is 0 Å². The Hall–Kier alpha value is -2.26. The third kappa shape index (κ3) is 3.57. The highest BCUT2D eigenvalue weighted by molar-refractivity contribution is 6.01. The number of carbonyl (C=O) groups is 1. The predicted molar refractivity (Wildman–Crippen MR) is 64.6 cm³/mol. The molecule has 0 spiro atoms.